The van der Waals surface area contributed by atoms with E-state index in [1.165, 1.54) is 12.0 Å². The Morgan fingerprint density at radius 1 is 1.35 bits per heavy atom. The standard InChI is InChI=1S/C17H23NO5/c1-23-10-8-15(20)18-9-7-14(19)17(12-18,16(21)22)11-13-5-3-2-4-6-13/h2-6,14,19H,7-12H2,1H3,(H,21,22)/t14-,17-/m1/s1. The molecule has 1 aromatic rings. The zero-order valence-electron chi connectivity index (χ0n) is 13.3. The van der Waals surface area contributed by atoms with Gasteiger partial charge in [-0.15, -0.1) is 0 Å². The molecular formula is C17H23NO5. The number of aliphatic carboxylic acids is 1. The summed E-state index contributed by atoms with van der Waals surface area (Å²) in [6, 6.07) is 9.20. The van der Waals surface area contributed by atoms with Gasteiger partial charge in [0.1, 0.15) is 5.41 Å². The SMILES string of the molecule is COCCC(=O)N1CC[C@@H](O)[C@](Cc2ccccc2)(C(=O)O)C1. The summed E-state index contributed by atoms with van der Waals surface area (Å²) in [5.41, 5.74) is -0.539. The lowest BCUT2D eigenvalue weighted by molar-refractivity contribution is -0.166. The lowest BCUT2D eigenvalue weighted by atomic mass is 9.72. The smallest absolute Gasteiger partial charge is 0.314 e. The van der Waals surface area contributed by atoms with Gasteiger partial charge in [0.25, 0.3) is 0 Å². The fourth-order valence-corrected chi connectivity index (χ4v) is 3.06. The maximum atomic E-state index is 12.2. The average Bonchev–Trinajstić information content (AvgIpc) is 2.55. The van der Waals surface area contributed by atoms with E-state index in [9.17, 15) is 19.8 Å². The number of rotatable bonds is 6. The molecule has 1 aliphatic heterocycles. The van der Waals surface area contributed by atoms with Crippen LogP contribution in [0.3, 0.4) is 0 Å². The van der Waals surface area contributed by atoms with Gasteiger partial charge >= 0.3 is 5.97 Å². The van der Waals surface area contributed by atoms with E-state index in [1.807, 2.05) is 30.3 Å². The number of hydrogen-bond acceptors (Lipinski definition) is 4. The van der Waals surface area contributed by atoms with Crippen LogP contribution in [0.5, 0.6) is 0 Å². The predicted molar refractivity (Wildman–Crippen MR) is 83.9 cm³/mol. The van der Waals surface area contributed by atoms with E-state index < -0.39 is 17.5 Å². The molecule has 23 heavy (non-hydrogen) atoms. The number of methoxy groups -OCH3 is 1. The van der Waals surface area contributed by atoms with E-state index in [2.05, 4.69) is 0 Å². The van der Waals surface area contributed by atoms with Gasteiger partial charge in [0.15, 0.2) is 0 Å². The van der Waals surface area contributed by atoms with Crippen molar-refractivity contribution in [3.8, 4) is 0 Å². The fourth-order valence-electron chi connectivity index (χ4n) is 3.06. The molecule has 6 nitrogen and oxygen atoms in total. The Balaban J connectivity index is 2.21. The second-order valence-corrected chi connectivity index (χ2v) is 5.99. The number of carbonyl (C=O) groups excluding carboxylic acids is 1. The average molecular weight is 321 g/mol. The third-order valence-electron chi connectivity index (χ3n) is 4.44. The van der Waals surface area contributed by atoms with Crippen molar-refractivity contribution in [2.45, 2.75) is 25.4 Å². The van der Waals surface area contributed by atoms with E-state index in [0.717, 1.165) is 5.56 Å². The molecule has 2 atom stereocenters. The lowest BCUT2D eigenvalue weighted by Crippen LogP contribution is -2.58. The highest BCUT2D eigenvalue weighted by molar-refractivity contribution is 5.80. The van der Waals surface area contributed by atoms with Gasteiger partial charge in [-0.1, -0.05) is 30.3 Å². The minimum atomic E-state index is -1.37. The Kier molecular flexibility index (Phi) is 5.74. The second kappa shape index (κ2) is 7.57. The summed E-state index contributed by atoms with van der Waals surface area (Å²) < 4.78 is 4.91. The van der Waals surface area contributed by atoms with Gasteiger partial charge in [-0.2, -0.15) is 0 Å². The van der Waals surface area contributed by atoms with Crippen LogP contribution < -0.4 is 0 Å². The topological polar surface area (TPSA) is 87.1 Å². The summed E-state index contributed by atoms with van der Waals surface area (Å²) in [6.07, 6.45) is -0.309. The summed E-state index contributed by atoms with van der Waals surface area (Å²) in [7, 11) is 1.52. The molecule has 2 N–H and O–H groups in total. The maximum absolute atomic E-state index is 12.2. The van der Waals surface area contributed by atoms with Gasteiger partial charge in [0.2, 0.25) is 5.91 Å². The number of piperidine rings is 1. The molecule has 0 spiro atoms. The Hall–Kier alpha value is -1.92. The molecule has 0 saturated carbocycles. The Morgan fingerprint density at radius 3 is 2.65 bits per heavy atom. The largest absolute Gasteiger partial charge is 0.481 e. The minimum absolute atomic E-state index is 0.0148. The zero-order valence-corrected chi connectivity index (χ0v) is 13.3. The number of hydrogen-bond donors (Lipinski definition) is 2. The van der Waals surface area contributed by atoms with Gasteiger partial charge in [-0.3, -0.25) is 9.59 Å². The summed E-state index contributed by atoms with van der Waals surface area (Å²) in [4.78, 5) is 25.7. The molecule has 0 radical (unpaired) electrons. The van der Waals surface area contributed by atoms with Crippen LogP contribution in [0.4, 0.5) is 0 Å². The molecule has 1 fully saturated rings. The van der Waals surface area contributed by atoms with Crippen LogP contribution in [-0.2, 0) is 20.7 Å². The number of carbonyl (C=O) groups is 2. The maximum Gasteiger partial charge on any atom is 0.314 e. The molecule has 126 valence electrons. The zero-order chi connectivity index (χ0) is 16.9. The summed E-state index contributed by atoms with van der Waals surface area (Å²) in [5, 5.41) is 20.2. The van der Waals surface area contributed by atoms with Crippen LogP contribution in [-0.4, -0.2) is 59.9 Å². The predicted octanol–water partition coefficient (Wildman–Crippen LogP) is 0.930. The monoisotopic (exact) mass is 321 g/mol. The first kappa shape index (κ1) is 17.4. The van der Waals surface area contributed by atoms with Crippen molar-refractivity contribution in [1.82, 2.24) is 4.90 Å². The molecule has 1 amide bonds. The first-order chi connectivity index (χ1) is 11.0. The van der Waals surface area contributed by atoms with Crippen molar-refractivity contribution in [2.75, 3.05) is 26.8 Å². The molecule has 0 unspecified atom stereocenters. The van der Waals surface area contributed by atoms with Gasteiger partial charge in [0, 0.05) is 20.2 Å². The number of aliphatic hydroxyl groups excluding tert-OH is 1. The van der Waals surface area contributed by atoms with Gasteiger partial charge in [-0.05, 0) is 18.4 Å². The van der Waals surface area contributed by atoms with E-state index in [4.69, 9.17) is 4.74 Å². The number of nitrogens with zero attached hydrogens (tertiary/aromatic N) is 1. The molecule has 1 heterocycles. The highest BCUT2D eigenvalue weighted by atomic mass is 16.5. The molecule has 1 saturated heterocycles. The van der Waals surface area contributed by atoms with Gasteiger partial charge in [-0.25, -0.2) is 0 Å². The number of likely N-dealkylation sites (tertiary alicyclic amines) is 1. The highest BCUT2D eigenvalue weighted by Gasteiger charge is 2.50. The van der Waals surface area contributed by atoms with Crippen molar-refractivity contribution in [2.24, 2.45) is 5.41 Å². The highest BCUT2D eigenvalue weighted by Crippen LogP contribution is 2.35. The number of carboxylic acids is 1. The third kappa shape index (κ3) is 3.89. The number of ether oxygens (including phenoxy) is 1. The van der Waals surface area contributed by atoms with Gasteiger partial charge in [0.05, 0.1) is 19.1 Å². The number of aliphatic hydroxyl groups is 1. The molecule has 1 aliphatic rings. The molecule has 0 aliphatic carbocycles. The molecule has 6 heteroatoms. The van der Waals surface area contributed by atoms with Crippen LogP contribution in [0.1, 0.15) is 18.4 Å². The third-order valence-corrected chi connectivity index (χ3v) is 4.44. The van der Waals surface area contributed by atoms with E-state index >= 15 is 0 Å². The molecule has 1 aromatic carbocycles. The minimum Gasteiger partial charge on any atom is -0.481 e. The van der Waals surface area contributed by atoms with Gasteiger partial charge < -0.3 is 19.8 Å². The van der Waals surface area contributed by atoms with Crippen molar-refractivity contribution >= 4 is 11.9 Å². The number of carboxylic acid groups (broad SMARTS) is 1. The molecule has 0 aromatic heterocycles. The first-order valence-corrected chi connectivity index (χ1v) is 7.71. The van der Waals surface area contributed by atoms with E-state index in [-0.39, 0.29) is 31.7 Å². The molecule has 2 rings (SSSR count). The molecular weight excluding hydrogens is 298 g/mol. The van der Waals surface area contributed by atoms with Crippen molar-refractivity contribution in [3.63, 3.8) is 0 Å². The number of benzene rings is 1. The number of amides is 1. The van der Waals surface area contributed by atoms with Crippen molar-refractivity contribution < 1.29 is 24.5 Å². The Bertz CT molecular complexity index is 547. The van der Waals surface area contributed by atoms with Crippen LogP contribution in [0.25, 0.3) is 0 Å². The first-order valence-electron chi connectivity index (χ1n) is 7.71. The second-order valence-electron chi connectivity index (χ2n) is 5.99. The normalized spacial score (nSPS) is 24.4. The molecule has 0 bridgehead atoms. The van der Waals surface area contributed by atoms with Crippen molar-refractivity contribution in [1.29, 1.82) is 0 Å². The lowest BCUT2D eigenvalue weighted by Gasteiger charge is -2.43. The van der Waals surface area contributed by atoms with Crippen LogP contribution >= 0.6 is 0 Å². The quantitative estimate of drug-likeness (QED) is 0.814. The fraction of sp³-hybridized carbons (Fsp3) is 0.529. The van der Waals surface area contributed by atoms with Crippen LogP contribution in [0.15, 0.2) is 30.3 Å². The summed E-state index contributed by atoms with van der Waals surface area (Å²) in [6.45, 7) is 0.686. The van der Waals surface area contributed by atoms with Crippen LogP contribution in [0, 0.1) is 5.41 Å². The summed E-state index contributed by atoms with van der Waals surface area (Å²) >= 11 is 0. The van der Waals surface area contributed by atoms with E-state index in [0.29, 0.717) is 13.2 Å². The summed E-state index contributed by atoms with van der Waals surface area (Å²) in [5.74, 6) is -1.21. The van der Waals surface area contributed by atoms with Crippen LogP contribution in [0.2, 0.25) is 0 Å². The Morgan fingerprint density at radius 2 is 2.04 bits per heavy atom. The Labute approximate surface area is 135 Å². The van der Waals surface area contributed by atoms with E-state index in [1.54, 1.807) is 0 Å². The van der Waals surface area contributed by atoms with Crippen molar-refractivity contribution in [3.05, 3.63) is 35.9 Å².